The summed E-state index contributed by atoms with van der Waals surface area (Å²) < 4.78 is 5.45. The molecule has 1 rings (SSSR count). The zero-order valence-electron chi connectivity index (χ0n) is 7.53. The fraction of sp³-hybridized carbons (Fsp3) is 1.00. The zero-order valence-corrected chi connectivity index (χ0v) is 8.53. The SMILES string of the molecule is B[PH]1(C(C)(C)C)CCOC1. The van der Waals surface area contributed by atoms with Crippen molar-refractivity contribution in [1.82, 2.24) is 0 Å². The molecule has 1 aliphatic rings. The molecule has 1 aliphatic heterocycles. The normalized spacial score (nSPS) is 28.3. The van der Waals surface area contributed by atoms with Gasteiger partial charge in [0.25, 0.3) is 0 Å². The number of ether oxygens (including phenoxy) is 1. The first-order valence-corrected chi connectivity index (χ1v) is 6.95. The molecule has 0 aromatic heterocycles. The number of hydrogen-bond acceptors (Lipinski definition) is 1. The average Bonchev–Trinajstić information content (AvgIpc) is 2.13. The average molecular weight is 160 g/mol. The second kappa shape index (κ2) is 2.50. The summed E-state index contributed by atoms with van der Waals surface area (Å²) in [4.78, 5) is 0. The molecule has 0 N–H and O–H groups in total. The molecule has 1 heterocycles. The molecule has 1 saturated heterocycles. The Morgan fingerprint density at radius 3 is 2.20 bits per heavy atom. The van der Waals surface area contributed by atoms with E-state index in [1.165, 1.54) is 6.16 Å². The van der Waals surface area contributed by atoms with Crippen molar-refractivity contribution in [2.75, 3.05) is 19.1 Å². The maximum atomic E-state index is 5.45. The van der Waals surface area contributed by atoms with Crippen molar-refractivity contribution in [3.8, 4) is 0 Å². The second-order valence-corrected chi connectivity index (χ2v) is 10.0. The number of rotatable bonds is 0. The Balaban J connectivity index is 2.67. The van der Waals surface area contributed by atoms with Crippen LogP contribution in [0.15, 0.2) is 0 Å². The number of hydrogen-bond donors (Lipinski definition) is 0. The molecular formula is C7H18BOP. The fourth-order valence-corrected chi connectivity index (χ4v) is 3.78. The van der Waals surface area contributed by atoms with Crippen molar-refractivity contribution in [2.45, 2.75) is 25.9 Å². The van der Waals surface area contributed by atoms with E-state index in [9.17, 15) is 0 Å². The van der Waals surface area contributed by atoms with Crippen molar-refractivity contribution in [1.29, 1.82) is 0 Å². The quantitative estimate of drug-likeness (QED) is 0.380. The first kappa shape index (κ1) is 8.55. The molecule has 0 aromatic carbocycles. The van der Waals surface area contributed by atoms with Gasteiger partial charge in [0, 0.05) is 0 Å². The molecule has 0 atom stereocenters. The summed E-state index contributed by atoms with van der Waals surface area (Å²) in [7, 11) is 1.45. The Hall–Kier alpha value is 0.455. The van der Waals surface area contributed by atoms with Crippen molar-refractivity contribution in [2.24, 2.45) is 0 Å². The molecule has 1 nitrogen and oxygen atoms in total. The van der Waals surface area contributed by atoms with Crippen molar-refractivity contribution >= 4 is 14.7 Å². The van der Waals surface area contributed by atoms with Crippen molar-refractivity contribution < 1.29 is 4.74 Å². The first-order valence-electron chi connectivity index (χ1n) is 4.03. The molecule has 0 bridgehead atoms. The third-order valence-corrected chi connectivity index (χ3v) is 8.80. The van der Waals surface area contributed by atoms with E-state index in [4.69, 9.17) is 4.74 Å². The molecule has 0 saturated carbocycles. The summed E-state index contributed by atoms with van der Waals surface area (Å²) in [5.74, 6) is 0. The minimum atomic E-state index is -1.01. The van der Waals surface area contributed by atoms with Crippen LogP contribution in [0.4, 0.5) is 0 Å². The summed E-state index contributed by atoms with van der Waals surface area (Å²) in [5.41, 5.74) is 0. The van der Waals surface area contributed by atoms with Crippen LogP contribution in [0.25, 0.3) is 0 Å². The standard InChI is InChI=1S/C7H18BOP/c1-7(2,3)10(8)5-4-9-6-10/h10H,4-6,8H2,1-3H3. The van der Waals surface area contributed by atoms with Crippen LogP contribution < -0.4 is 0 Å². The summed E-state index contributed by atoms with van der Waals surface area (Å²) in [6.45, 7) is 8.08. The summed E-state index contributed by atoms with van der Waals surface area (Å²) in [5, 5.41) is 0.531. The van der Waals surface area contributed by atoms with Gasteiger partial charge in [-0.25, -0.2) is 0 Å². The summed E-state index contributed by atoms with van der Waals surface area (Å²) in [6.07, 6.45) is 2.44. The molecule has 0 radical (unpaired) electrons. The van der Waals surface area contributed by atoms with E-state index in [1.54, 1.807) is 0 Å². The molecule has 1 fully saturated rings. The minimum absolute atomic E-state index is 0.531. The van der Waals surface area contributed by atoms with Crippen LogP contribution >= 0.6 is 7.14 Å². The van der Waals surface area contributed by atoms with Crippen molar-refractivity contribution in [3.05, 3.63) is 0 Å². The molecular weight excluding hydrogens is 142 g/mol. The van der Waals surface area contributed by atoms with Crippen LogP contribution in [0.3, 0.4) is 0 Å². The molecule has 0 unspecified atom stereocenters. The van der Waals surface area contributed by atoms with Gasteiger partial charge in [0.15, 0.2) is 0 Å². The van der Waals surface area contributed by atoms with E-state index >= 15 is 0 Å². The van der Waals surface area contributed by atoms with Crippen molar-refractivity contribution in [3.63, 3.8) is 0 Å². The Morgan fingerprint density at radius 1 is 1.40 bits per heavy atom. The van der Waals surface area contributed by atoms with E-state index in [-0.39, 0.29) is 0 Å². The molecule has 0 spiro atoms. The predicted octanol–water partition coefficient (Wildman–Crippen LogP) is 1.07. The van der Waals surface area contributed by atoms with Crippen LogP contribution in [0.1, 0.15) is 20.8 Å². The van der Waals surface area contributed by atoms with Gasteiger partial charge in [0.1, 0.15) is 0 Å². The van der Waals surface area contributed by atoms with Gasteiger partial charge in [0.05, 0.1) is 0 Å². The van der Waals surface area contributed by atoms with Gasteiger partial charge in [-0.05, 0) is 0 Å². The van der Waals surface area contributed by atoms with Crippen LogP contribution in [0.5, 0.6) is 0 Å². The fourth-order valence-electron chi connectivity index (χ4n) is 1.26. The van der Waals surface area contributed by atoms with Crippen LogP contribution in [-0.4, -0.2) is 31.8 Å². The van der Waals surface area contributed by atoms with Crippen LogP contribution in [0, 0.1) is 0 Å². The van der Waals surface area contributed by atoms with Crippen LogP contribution in [-0.2, 0) is 4.74 Å². The molecule has 0 aromatic rings. The monoisotopic (exact) mass is 160 g/mol. The van der Waals surface area contributed by atoms with Gasteiger partial charge in [0.2, 0.25) is 0 Å². The van der Waals surface area contributed by atoms with Gasteiger partial charge >= 0.3 is 64.5 Å². The first-order chi connectivity index (χ1) is 4.46. The summed E-state index contributed by atoms with van der Waals surface area (Å²) >= 11 is 0. The summed E-state index contributed by atoms with van der Waals surface area (Å²) in [6, 6.07) is 0. The van der Waals surface area contributed by atoms with Gasteiger partial charge in [-0.1, -0.05) is 0 Å². The van der Waals surface area contributed by atoms with Gasteiger partial charge in [-0.15, -0.1) is 0 Å². The third-order valence-electron chi connectivity index (χ3n) is 3.03. The molecule has 3 heteroatoms. The third kappa shape index (κ3) is 1.38. The molecule has 10 heavy (non-hydrogen) atoms. The van der Waals surface area contributed by atoms with E-state index < -0.39 is 7.14 Å². The van der Waals surface area contributed by atoms with E-state index in [1.807, 2.05) is 0 Å². The molecule has 0 aliphatic carbocycles. The Bertz CT molecular complexity index is 124. The Labute approximate surface area is 65.2 Å². The topological polar surface area (TPSA) is 9.23 Å². The zero-order chi connectivity index (χ0) is 7.83. The van der Waals surface area contributed by atoms with Gasteiger partial charge in [-0.2, -0.15) is 0 Å². The van der Waals surface area contributed by atoms with Gasteiger partial charge < -0.3 is 0 Å². The van der Waals surface area contributed by atoms with E-state index in [2.05, 4.69) is 28.3 Å². The van der Waals surface area contributed by atoms with E-state index in [0.717, 1.165) is 13.0 Å². The second-order valence-electron chi connectivity index (χ2n) is 4.61. The molecule has 0 amide bonds. The van der Waals surface area contributed by atoms with Gasteiger partial charge in [-0.3, -0.25) is 0 Å². The predicted molar refractivity (Wildman–Crippen MR) is 52.3 cm³/mol. The molecule has 60 valence electrons. The van der Waals surface area contributed by atoms with Crippen LogP contribution in [0.2, 0.25) is 0 Å². The Morgan fingerprint density at radius 2 is 2.00 bits per heavy atom. The Kier molecular flexibility index (Phi) is 2.13. The van der Waals surface area contributed by atoms with E-state index in [0.29, 0.717) is 5.16 Å². The maximum absolute atomic E-state index is 5.45.